The van der Waals surface area contributed by atoms with Crippen molar-refractivity contribution in [3.8, 4) is 0 Å². The van der Waals surface area contributed by atoms with Crippen molar-refractivity contribution in [1.29, 1.82) is 0 Å². The Hall–Kier alpha value is -3.33. The summed E-state index contributed by atoms with van der Waals surface area (Å²) < 4.78 is 10.8. The lowest BCUT2D eigenvalue weighted by Gasteiger charge is -2.34. The SMILES string of the molecule is Cc1ccc2c(c1)SC[C@H](NC(=O)OC(C)(C)C)C(=O)N2[C@H](C(=O)OCC(=O)c1ccccc1)C(C)C. The number of esters is 1. The molecule has 2 amide bonds. The predicted octanol–water partition coefficient (Wildman–Crippen LogP) is 4.78. The Balaban J connectivity index is 1.91. The number of thioether (sulfide) groups is 1. The molecule has 2 aromatic carbocycles. The van der Waals surface area contributed by atoms with E-state index in [2.05, 4.69) is 5.32 Å². The Morgan fingerprint density at radius 2 is 1.78 bits per heavy atom. The van der Waals surface area contributed by atoms with Crippen molar-refractivity contribution < 1.29 is 28.7 Å². The van der Waals surface area contributed by atoms with Gasteiger partial charge < -0.3 is 14.8 Å². The number of fused-ring (bicyclic) bond motifs is 1. The molecule has 2 atom stereocenters. The molecule has 0 aromatic heterocycles. The van der Waals surface area contributed by atoms with Crippen LogP contribution in [0.15, 0.2) is 53.4 Å². The quantitative estimate of drug-likeness (QED) is 0.409. The Morgan fingerprint density at radius 3 is 2.41 bits per heavy atom. The molecule has 198 valence electrons. The Labute approximate surface area is 222 Å². The molecule has 0 fully saturated rings. The summed E-state index contributed by atoms with van der Waals surface area (Å²) in [5.74, 6) is -1.57. The number of hydrogen-bond acceptors (Lipinski definition) is 7. The van der Waals surface area contributed by atoms with E-state index in [1.165, 1.54) is 16.7 Å². The molecule has 8 nitrogen and oxygen atoms in total. The van der Waals surface area contributed by atoms with Crippen LogP contribution in [0.25, 0.3) is 0 Å². The fraction of sp³-hybridized carbons (Fsp3) is 0.429. The van der Waals surface area contributed by atoms with Crippen LogP contribution < -0.4 is 10.2 Å². The first-order valence-corrected chi connectivity index (χ1v) is 13.2. The summed E-state index contributed by atoms with van der Waals surface area (Å²) in [6, 6.07) is 12.2. The highest BCUT2D eigenvalue weighted by Crippen LogP contribution is 2.37. The van der Waals surface area contributed by atoms with Crippen molar-refractivity contribution in [2.24, 2.45) is 5.92 Å². The van der Waals surface area contributed by atoms with Crippen LogP contribution in [0.4, 0.5) is 10.5 Å². The second-order valence-electron chi connectivity index (χ2n) is 10.3. The summed E-state index contributed by atoms with van der Waals surface area (Å²) in [6.07, 6.45) is -0.717. The fourth-order valence-electron chi connectivity index (χ4n) is 3.91. The van der Waals surface area contributed by atoms with Crippen LogP contribution in [-0.2, 0) is 19.1 Å². The van der Waals surface area contributed by atoms with Crippen molar-refractivity contribution in [3.63, 3.8) is 0 Å². The van der Waals surface area contributed by atoms with Gasteiger partial charge in [-0.3, -0.25) is 14.5 Å². The van der Waals surface area contributed by atoms with Gasteiger partial charge in [0.2, 0.25) is 0 Å². The molecule has 1 heterocycles. The number of alkyl carbamates (subject to hydrolysis) is 1. The third-order valence-corrected chi connectivity index (χ3v) is 6.74. The van der Waals surface area contributed by atoms with Gasteiger partial charge in [0.1, 0.15) is 17.7 Å². The van der Waals surface area contributed by atoms with Crippen molar-refractivity contribution >= 4 is 41.2 Å². The normalized spacial score (nSPS) is 16.5. The molecule has 0 unspecified atom stereocenters. The van der Waals surface area contributed by atoms with Gasteiger partial charge in [-0.05, 0) is 51.3 Å². The smallest absolute Gasteiger partial charge is 0.408 e. The Bertz CT molecular complexity index is 1160. The van der Waals surface area contributed by atoms with Crippen LogP contribution in [0, 0.1) is 12.8 Å². The zero-order valence-corrected chi connectivity index (χ0v) is 22.9. The van der Waals surface area contributed by atoms with Gasteiger partial charge in [0, 0.05) is 16.2 Å². The van der Waals surface area contributed by atoms with Crippen LogP contribution in [-0.4, -0.2) is 53.8 Å². The number of Topliss-reactive ketones (excluding diaryl/α,β-unsaturated/α-hetero) is 1. The van der Waals surface area contributed by atoms with Crippen LogP contribution in [0.3, 0.4) is 0 Å². The fourth-order valence-corrected chi connectivity index (χ4v) is 5.07. The molecule has 9 heteroatoms. The summed E-state index contributed by atoms with van der Waals surface area (Å²) in [5, 5.41) is 2.67. The van der Waals surface area contributed by atoms with E-state index in [9.17, 15) is 19.2 Å². The second kappa shape index (κ2) is 11.8. The summed E-state index contributed by atoms with van der Waals surface area (Å²) in [7, 11) is 0. The van der Waals surface area contributed by atoms with E-state index in [0.717, 1.165) is 10.5 Å². The van der Waals surface area contributed by atoms with Gasteiger partial charge in [-0.15, -0.1) is 11.8 Å². The molecule has 0 saturated carbocycles. The van der Waals surface area contributed by atoms with Crippen LogP contribution in [0.5, 0.6) is 0 Å². The van der Waals surface area contributed by atoms with E-state index in [1.54, 1.807) is 71.0 Å². The molecule has 1 N–H and O–H groups in total. The molecule has 0 spiro atoms. The number of rotatable bonds is 7. The van der Waals surface area contributed by atoms with Gasteiger partial charge in [0.15, 0.2) is 12.4 Å². The monoisotopic (exact) mass is 526 g/mol. The number of anilines is 1. The van der Waals surface area contributed by atoms with Gasteiger partial charge in [0.25, 0.3) is 5.91 Å². The standard InChI is InChI=1S/C28H34N2O6S/c1-17(2)24(26(33)35-15-22(31)19-10-8-7-9-11-19)30-21-13-12-18(3)14-23(21)37-16-20(25(30)32)29-27(34)36-28(4,5)6/h7-14,17,20,24H,15-16H2,1-6H3,(H,29,34)/t20-,24-/m0/s1. The van der Waals surface area contributed by atoms with Gasteiger partial charge in [-0.25, -0.2) is 9.59 Å². The summed E-state index contributed by atoms with van der Waals surface area (Å²) in [6.45, 7) is 10.3. The maximum Gasteiger partial charge on any atom is 0.408 e. The number of benzene rings is 2. The molecular weight excluding hydrogens is 492 g/mol. The van der Waals surface area contributed by atoms with Crippen molar-refractivity contribution in [3.05, 3.63) is 59.7 Å². The topological polar surface area (TPSA) is 102 Å². The predicted molar refractivity (Wildman–Crippen MR) is 143 cm³/mol. The van der Waals surface area contributed by atoms with Crippen molar-refractivity contribution in [2.75, 3.05) is 17.3 Å². The highest BCUT2D eigenvalue weighted by Gasteiger charge is 2.41. The lowest BCUT2D eigenvalue weighted by atomic mass is 10.00. The molecule has 0 radical (unpaired) electrons. The molecule has 0 bridgehead atoms. The van der Waals surface area contributed by atoms with Crippen molar-refractivity contribution in [2.45, 2.75) is 64.1 Å². The third-order valence-electron chi connectivity index (χ3n) is 5.60. The molecule has 0 aliphatic carbocycles. The Morgan fingerprint density at radius 1 is 1.11 bits per heavy atom. The van der Waals surface area contributed by atoms with Crippen LogP contribution in [0.1, 0.15) is 50.5 Å². The lowest BCUT2D eigenvalue weighted by Crippen LogP contribution is -2.56. The van der Waals surface area contributed by atoms with Crippen molar-refractivity contribution in [1.82, 2.24) is 5.32 Å². The molecule has 37 heavy (non-hydrogen) atoms. The van der Waals surface area contributed by atoms with E-state index in [4.69, 9.17) is 9.47 Å². The summed E-state index contributed by atoms with van der Waals surface area (Å²) in [5.41, 5.74) is 1.25. The first-order valence-electron chi connectivity index (χ1n) is 12.2. The van der Waals surface area contributed by atoms with Gasteiger partial charge >= 0.3 is 12.1 Å². The number of aryl methyl sites for hydroxylation is 1. The Kier molecular flexibility index (Phi) is 9.02. The van der Waals surface area contributed by atoms with Gasteiger partial charge in [0.05, 0.1) is 5.69 Å². The van der Waals surface area contributed by atoms with Crippen LogP contribution in [0.2, 0.25) is 0 Å². The maximum atomic E-state index is 13.9. The van der Waals surface area contributed by atoms with Crippen LogP contribution >= 0.6 is 11.8 Å². The molecule has 2 aromatic rings. The number of ketones is 1. The number of hydrogen-bond donors (Lipinski definition) is 1. The third kappa shape index (κ3) is 7.35. The summed E-state index contributed by atoms with van der Waals surface area (Å²) >= 11 is 1.42. The number of ether oxygens (including phenoxy) is 2. The zero-order chi connectivity index (χ0) is 27.3. The number of nitrogens with one attached hydrogen (secondary N) is 1. The molecule has 1 aliphatic rings. The second-order valence-corrected chi connectivity index (χ2v) is 11.3. The summed E-state index contributed by atoms with van der Waals surface area (Å²) in [4.78, 5) is 54.5. The van der Waals surface area contributed by atoms with Gasteiger partial charge in [-0.2, -0.15) is 0 Å². The zero-order valence-electron chi connectivity index (χ0n) is 22.1. The minimum atomic E-state index is -1.01. The van der Waals surface area contributed by atoms with E-state index < -0.39 is 42.3 Å². The van der Waals surface area contributed by atoms with E-state index >= 15 is 0 Å². The molecule has 3 rings (SSSR count). The number of amides is 2. The minimum absolute atomic E-state index is 0.261. The minimum Gasteiger partial charge on any atom is -0.456 e. The van der Waals surface area contributed by atoms with E-state index in [1.807, 2.05) is 19.1 Å². The lowest BCUT2D eigenvalue weighted by molar-refractivity contribution is -0.146. The van der Waals surface area contributed by atoms with Gasteiger partial charge in [-0.1, -0.05) is 50.2 Å². The molecular formula is C28H34N2O6S. The average molecular weight is 527 g/mol. The number of nitrogens with zero attached hydrogens (tertiary/aromatic N) is 1. The number of carbonyl (C=O) groups excluding carboxylic acids is 4. The highest BCUT2D eigenvalue weighted by molar-refractivity contribution is 7.99. The van der Waals surface area contributed by atoms with E-state index in [0.29, 0.717) is 11.3 Å². The van der Waals surface area contributed by atoms with E-state index in [-0.39, 0.29) is 17.5 Å². The number of carbonyl (C=O) groups is 4. The average Bonchev–Trinajstić information content (AvgIpc) is 2.94. The maximum absolute atomic E-state index is 13.9. The molecule has 0 saturated heterocycles. The largest absolute Gasteiger partial charge is 0.456 e. The molecule has 1 aliphatic heterocycles. The first kappa shape index (κ1) is 28.2. The highest BCUT2D eigenvalue weighted by atomic mass is 32.2. The first-order chi connectivity index (χ1) is 17.4.